The molecule has 198 valence electrons. The Morgan fingerprint density at radius 3 is 2.18 bits per heavy atom. The average molecular weight is 574 g/mol. The highest BCUT2D eigenvalue weighted by atomic mass is 35.5. The minimum absolute atomic E-state index is 0.00285. The van der Waals surface area contributed by atoms with Crippen molar-refractivity contribution in [1.82, 2.24) is 14.7 Å². The number of hydrogen-bond acceptors (Lipinski definition) is 6. The highest BCUT2D eigenvalue weighted by Crippen LogP contribution is 2.53. The molecule has 0 aliphatic carbocycles. The van der Waals surface area contributed by atoms with Crippen molar-refractivity contribution in [3.8, 4) is 0 Å². The molecule has 3 aliphatic heterocycles. The number of carboxylic acid groups (broad SMARTS) is 1. The van der Waals surface area contributed by atoms with Gasteiger partial charge in [0.25, 0.3) is 5.91 Å². The molecule has 0 saturated carbocycles. The van der Waals surface area contributed by atoms with Crippen molar-refractivity contribution in [2.75, 3.05) is 26.2 Å². The number of thioether (sulfide) groups is 1. The smallest absolute Gasteiger partial charge is 0.323 e. The number of hydrogen-bond donors (Lipinski definition) is 1. The van der Waals surface area contributed by atoms with Crippen LogP contribution in [0.15, 0.2) is 64.1 Å². The van der Waals surface area contributed by atoms with Crippen molar-refractivity contribution in [1.29, 1.82) is 0 Å². The number of aliphatic imine (C=N–C) groups is 1. The summed E-state index contributed by atoms with van der Waals surface area (Å²) in [5.74, 6) is -1.69. The Bertz CT molecular complexity index is 1340. The second-order valence-corrected chi connectivity index (χ2v) is 11.5. The number of benzene rings is 2. The van der Waals surface area contributed by atoms with Gasteiger partial charge in [0.1, 0.15) is 24.0 Å². The highest BCUT2D eigenvalue weighted by molar-refractivity contribution is 8.18. The fraction of sp³-hybridized carbons (Fsp3) is 0.333. The number of carbonyl (C=O) groups is 3. The van der Waals surface area contributed by atoms with E-state index in [1.165, 1.54) is 21.6 Å². The van der Waals surface area contributed by atoms with Crippen LogP contribution in [0.1, 0.15) is 37.1 Å². The summed E-state index contributed by atoms with van der Waals surface area (Å²) >= 11 is 13.7. The molecule has 2 atom stereocenters. The average Bonchev–Trinajstić information content (AvgIpc) is 3.42. The van der Waals surface area contributed by atoms with E-state index < -0.39 is 5.97 Å². The maximum atomic E-state index is 13.7. The van der Waals surface area contributed by atoms with Gasteiger partial charge in [0.2, 0.25) is 5.91 Å². The lowest BCUT2D eigenvalue weighted by atomic mass is 9.92. The normalized spacial score (nSPS) is 21.3. The van der Waals surface area contributed by atoms with Crippen LogP contribution in [0, 0.1) is 5.92 Å². The Hall–Kier alpha value is -3.01. The first-order valence-corrected chi connectivity index (χ1v) is 13.8. The predicted molar refractivity (Wildman–Crippen MR) is 148 cm³/mol. The fourth-order valence-corrected chi connectivity index (χ4v) is 6.62. The summed E-state index contributed by atoms with van der Waals surface area (Å²) < 4.78 is 0. The van der Waals surface area contributed by atoms with Crippen LogP contribution in [-0.4, -0.2) is 68.9 Å². The first-order chi connectivity index (χ1) is 18.1. The molecule has 38 heavy (non-hydrogen) atoms. The maximum absolute atomic E-state index is 13.7. The molecule has 1 saturated heterocycles. The van der Waals surface area contributed by atoms with Gasteiger partial charge in [-0.3, -0.25) is 19.4 Å². The van der Waals surface area contributed by atoms with Crippen molar-refractivity contribution in [2.45, 2.75) is 25.9 Å². The molecule has 2 aromatic carbocycles. The van der Waals surface area contributed by atoms with Crippen LogP contribution in [-0.2, 0) is 14.4 Å². The molecule has 0 radical (unpaired) electrons. The molecule has 1 N–H and O–H groups in total. The number of nitrogens with zero attached hydrogens (tertiary/aromatic N) is 4. The molecule has 0 bridgehead atoms. The van der Waals surface area contributed by atoms with Crippen LogP contribution in [0.4, 0.5) is 0 Å². The fourth-order valence-electron chi connectivity index (χ4n) is 5.05. The Morgan fingerprint density at radius 2 is 1.63 bits per heavy atom. The molecular weight excluding hydrogens is 547 g/mol. The van der Waals surface area contributed by atoms with Crippen molar-refractivity contribution in [2.24, 2.45) is 10.9 Å². The van der Waals surface area contributed by atoms with E-state index in [0.717, 1.165) is 22.0 Å². The van der Waals surface area contributed by atoms with E-state index in [9.17, 15) is 14.4 Å². The quantitative estimate of drug-likeness (QED) is 0.533. The number of halogens is 2. The summed E-state index contributed by atoms with van der Waals surface area (Å²) in [4.78, 5) is 47.9. The zero-order valence-electron chi connectivity index (χ0n) is 20.8. The minimum atomic E-state index is -1.07. The molecule has 2 unspecified atom stereocenters. The van der Waals surface area contributed by atoms with E-state index in [4.69, 9.17) is 33.3 Å². The van der Waals surface area contributed by atoms with Gasteiger partial charge >= 0.3 is 5.97 Å². The summed E-state index contributed by atoms with van der Waals surface area (Å²) in [6, 6.07) is 14.9. The van der Waals surface area contributed by atoms with Gasteiger partial charge in [0.05, 0.1) is 6.04 Å². The van der Waals surface area contributed by atoms with Crippen LogP contribution < -0.4 is 0 Å². The minimum Gasteiger partial charge on any atom is -0.480 e. The summed E-state index contributed by atoms with van der Waals surface area (Å²) in [6.45, 7) is 4.01. The van der Waals surface area contributed by atoms with Crippen molar-refractivity contribution in [3.63, 3.8) is 0 Å². The van der Waals surface area contributed by atoms with Gasteiger partial charge in [-0.25, -0.2) is 0 Å². The zero-order valence-corrected chi connectivity index (χ0v) is 23.1. The molecule has 8 nitrogen and oxygen atoms in total. The Morgan fingerprint density at radius 1 is 1.03 bits per heavy atom. The van der Waals surface area contributed by atoms with E-state index in [-0.39, 0.29) is 56.0 Å². The van der Waals surface area contributed by atoms with Gasteiger partial charge in [-0.15, -0.1) is 0 Å². The van der Waals surface area contributed by atoms with Gasteiger partial charge in [0, 0.05) is 28.8 Å². The third-order valence-electron chi connectivity index (χ3n) is 6.81. The van der Waals surface area contributed by atoms with Crippen LogP contribution >= 0.6 is 35.0 Å². The number of fused-ring (bicyclic) bond motifs is 1. The van der Waals surface area contributed by atoms with Gasteiger partial charge < -0.3 is 19.8 Å². The molecule has 2 aromatic rings. The highest BCUT2D eigenvalue weighted by Gasteiger charge is 2.48. The van der Waals surface area contributed by atoms with Crippen LogP contribution in [0.25, 0.3) is 0 Å². The van der Waals surface area contributed by atoms with Crippen LogP contribution in [0.3, 0.4) is 0 Å². The van der Waals surface area contributed by atoms with Gasteiger partial charge in [-0.1, -0.05) is 61.3 Å². The maximum Gasteiger partial charge on any atom is 0.323 e. The molecule has 3 heterocycles. The molecule has 5 rings (SSSR count). The molecule has 1 fully saturated rings. The predicted octanol–water partition coefficient (Wildman–Crippen LogP) is 4.82. The molecular formula is C27H26Cl2N4O4S. The lowest BCUT2D eigenvalue weighted by Gasteiger charge is -2.34. The second kappa shape index (κ2) is 10.6. The second-order valence-electron chi connectivity index (χ2n) is 9.68. The first-order valence-electron chi connectivity index (χ1n) is 12.2. The summed E-state index contributed by atoms with van der Waals surface area (Å²) in [5.41, 5.74) is 2.88. The van der Waals surface area contributed by atoms with E-state index in [0.29, 0.717) is 15.0 Å². The molecule has 0 spiro atoms. The lowest BCUT2D eigenvalue weighted by molar-refractivity contribution is -0.149. The lowest BCUT2D eigenvalue weighted by Crippen LogP contribution is -2.53. The van der Waals surface area contributed by atoms with E-state index in [1.807, 2.05) is 62.4 Å². The standard InChI is InChI=1S/C27H26Cl2N4O4S/c1-15(2)23-25(26(37)32-12-11-31(14-21(35)36)20(34)13-32)38-27-30-22(16-3-7-18(28)8-4-16)24(33(23)27)17-5-9-19(29)10-6-17/h3-10,15,22,24H,11-14H2,1-2H3,(H,35,36). The van der Waals surface area contributed by atoms with Crippen molar-refractivity contribution in [3.05, 3.63) is 80.3 Å². The van der Waals surface area contributed by atoms with Gasteiger partial charge in [-0.05, 0) is 53.1 Å². The number of aliphatic carboxylic acids is 1. The van der Waals surface area contributed by atoms with Gasteiger partial charge in [-0.2, -0.15) is 0 Å². The van der Waals surface area contributed by atoms with Crippen molar-refractivity contribution < 1.29 is 19.5 Å². The number of carbonyl (C=O) groups excluding carboxylic acids is 2. The number of amidine groups is 1. The Balaban J connectivity index is 1.50. The largest absolute Gasteiger partial charge is 0.480 e. The zero-order chi connectivity index (χ0) is 27.1. The van der Waals surface area contributed by atoms with Gasteiger partial charge in [0.15, 0.2) is 5.17 Å². The summed E-state index contributed by atoms with van der Waals surface area (Å²) in [7, 11) is 0. The third-order valence-corrected chi connectivity index (χ3v) is 8.39. The molecule has 2 amide bonds. The SMILES string of the molecule is CC(C)C1=C(C(=O)N2CCN(CC(=O)O)C(=O)C2)SC2=NC(c3ccc(Cl)cc3)C(c3ccc(Cl)cc3)N21. The van der Waals surface area contributed by atoms with E-state index >= 15 is 0 Å². The van der Waals surface area contributed by atoms with Crippen LogP contribution in [0.5, 0.6) is 0 Å². The Labute approximate surface area is 234 Å². The number of allylic oxidation sites excluding steroid dienone is 1. The Kier molecular flexibility index (Phi) is 7.44. The summed E-state index contributed by atoms with van der Waals surface area (Å²) in [6.07, 6.45) is 0. The van der Waals surface area contributed by atoms with Crippen molar-refractivity contribution >= 4 is 57.9 Å². The number of amides is 2. The molecule has 3 aliphatic rings. The number of piperazine rings is 1. The number of rotatable bonds is 6. The summed E-state index contributed by atoms with van der Waals surface area (Å²) in [5, 5.41) is 11.1. The van der Waals surface area contributed by atoms with Crippen LogP contribution in [0.2, 0.25) is 10.0 Å². The molecule has 11 heteroatoms. The topological polar surface area (TPSA) is 93.5 Å². The van der Waals surface area contributed by atoms with E-state index in [2.05, 4.69) is 4.90 Å². The van der Waals surface area contributed by atoms with E-state index in [1.54, 1.807) is 0 Å². The first kappa shape index (κ1) is 26.6. The monoisotopic (exact) mass is 572 g/mol. The molecule has 0 aromatic heterocycles. The third kappa shape index (κ3) is 5.02. The number of carboxylic acids is 1.